The average molecular weight is 307 g/mol. The number of ketones is 1. The molecule has 0 radical (unpaired) electrons. The van der Waals surface area contributed by atoms with E-state index < -0.39 is 35.8 Å². The van der Waals surface area contributed by atoms with E-state index in [0.29, 0.717) is 0 Å². The van der Waals surface area contributed by atoms with Gasteiger partial charge in [0.2, 0.25) is 0 Å². The van der Waals surface area contributed by atoms with Crippen molar-refractivity contribution in [3.63, 3.8) is 0 Å². The number of urea groups is 1. The SMILES string of the molecule is N[C@H](CNC(=O)N[C@H](CS)C(=O)CCC(=O)O)C(=O)O. The summed E-state index contributed by atoms with van der Waals surface area (Å²) >= 11 is 3.89. The molecule has 2 atom stereocenters. The summed E-state index contributed by atoms with van der Waals surface area (Å²) in [5.74, 6) is -2.86. The lowest BCUT2D eigenvalue weighted by molar-refractivity contribution is -0.139. The lowest BCUT2D eigenvalue weighted by atomic mass is 10.1. The molecule has 0 aromatic heterocycles. The van der Waals surface area contributed by atoms with Crippen LogP contribution in [0.15, 0.2) is 0 Å². The van der Waals surface area contributed by atoms with E-state index in [1.54, 1.807) is 0 Å². The van der Waals surface area contributed by atoms with Crippen molar-refractivity contribution in [2.45, 2.75) is 24.9 Å². The van der Waals surface area contributed by atoms with Gasteiger partial charge >= 0.3 is 18.0 Å². The number of nitrogens with one attached hydrogen (secondary N) is 2. The standard InChI is InChI=1S/C10H17N3O6S/c11-5(9(17)18)3-12-10(19)13-6(4-20)7(14)1-2-8(15)16/h5-6,20H,1-4,11H2,(H,15,16)(H,17,18)(H2,12,13,19)/t5-,6-/m1/s1. The number of rotatable bonds is 9. The number of hydrogen-bond acceptors (Lipinski definition) is 6. The molecule has 0 aliphatic carbocycles. The molecule has 9 nitrogen and oxygen atoms in total. The summed E-state index contributed by atoms with van der Waals surface area (Å²) in [7, 11) is 0. The lowest BCUT2D eigenvalue weighted by Gasteiger charge is -2.16. The number of carboxylic acid groups (broad SMARTS) is 2. The molecule has 0 aliphatic rings. The molecule has 0 aromatic carbocycles. The topological polar surface area (TPSA) is 159 Å². The highest BCUT2D eigenvalue weighted by atomic mass is 32.1. The van der Waals surface area contributed by atoms with E-state index in [1.165, 1.54) is 0 Å². The Kier molecular flexibility index (Phi) is 8.32. The highest BCUT2D eigenvalue weighted by molar-refractivity contribution is 7.80. The molecule has 0 heterocycles. The van der Waals surface area contributed by atoms with Crippen LogP contribution in [0.1, 0.15) is 12.8 Å². The number of carbonyl (C=O) groups excluding carboxylic acids is 2. The number of aliphatic carboxylic acids is 2. The quantitative estimate of drug-likeness (QED) is 0.281. The Morgan fingerprint density at radius 3 is 2.20 bits per heavy atom. The van der Waals surface area contributed by atoms with Crippen molar-refractivity contribution in [1.29, 1.82) is 0 Å². The van der Waals surface area contributed by atoms with E-state index in [0.717, 1.165) is 0 Å². The minimum absolute atomic E-state index is 0.00312. The number of nitrogens with two attached hydrogens (primary N) is 1. The third-order valence-electron chi connectivity index (χ3n) is 2.26. The number of carbonyl (C=O) groups is 4. The summed E-state index contributed by atoms with van der Waals surface area (Å²) in [4.78, 5) is 43.8. The number of thiol groups is 1. The van der Waals surface area contributed by atoms with Gasteiger partial charge in [-0.1, -0.05) is 0 Å². The Morgan fingerprint density at radius 2 is 1.75 bits per heavy atom. The van der Waals surface area contributed by atoms with Crippen LogP contribution in [-0.2, 0) is 14.4 Å². The van der Waals surface area contributed by atoms with Gasteiger partial charge < -0.3 is 26.6 Å². The van der Waals surface area contributed by atoms with Crippen LogP contribution in [0.3, 0.4) is 0 Å². The second kappa shape index (κ2) is 9.15. The Labute approximate surface area is 120 Å². The highest BCUT2D eigenvalue weighted by Crippen LogP contribution is 1.99. The summed E-state index contributed by atoms with van der Waals surface area (Å²) in [6.45, 7) is -0.302. The van der Waals surface area contributed by atoms with Crippen LogP contribution in [-0.4, -0.2) is 58.3 Å². The molecule has 0 saturated heterocycles. The molecule has 0 aromatic rings. The summed E-state index contributed by atoms with van der Waals surface area (Å²) in [5, 5.41) is 21.4. The molecule has 0 bridgehead atoms. The average Bonchev–Trinajstić information content (AvgIpc) is 2.38. The molecule has 10 heteroatoms. The van der Waals surface area contributed by atoms with E-state index in [2.05, 4.69) is 23.3 Å². The van der Waals surface area contributed by atoms with Crippen LogP contribution in [0, 0.1) is 0 Å². The summed E-state index contributed by atoms with van der Waals surface area (Å²) < 4.78 is 0. The van der Waals surface area contributed by atoms with Crippen molar-refractivity contribution in [3.05, 3.63) is 0 Å². The Bertz CT molecular complexity index is 389. The number of amides is 2. The van der Waals surface area contributed by atoms with Gasteiger partial charge in [-0.15, -0.1) is 0 Å². The second-order valence-corrected chi connectivity index (χ2v) is 4.26. The van der Waals surface area contributed by atoms with Gasteiger partial charge in [0.25, 0.3) is 0 Å². The van der Waals surface area contributed by atoms with Crippen LogP contribution in [0.25, 0.3) is 0 Å². The minimum atomic E-state index is -1.27. The van der Waals surface area contributed by atoms with Crippen molar-refractivity contribution < 1.29 is 29.4 Å². The molecule has 0 fully saturated rings. The molecule has 0 saturated carbocycles. The van der Waals surface area contributed by atoms with E-state index in [1.807, 2.05) is 0 Å². The molecule has 20 heavy (non-hydrogen) atoms. The van der Waals surface area contributed by atoms with Crippen molar-refractivity contribution >= 4 is 36.4 Å². The first-order valence-electron chi connectivity index (χ1n) is 5.66. The Balaban J connectivity index is 4.21. The first-order valence-corrected chi connectivity index (χ1v) is 6.29. The van der Waals surface area contributed by atoms with Crippen LogP contribution >= 0.6 is 12.6 Å². The first kappa shape index (κ1) is 18.2. The number of carboxylic acids is 2. The van der Waals surface area contributed by atoms with E-state index >= 15 is 0 Å². The van der Waals surface area contributed by atoms with Crippen molar-refractivity contribution in [2.24, 2.45) is 5.73 Å². The van der Waals surface area contributed by atoms with Gasteiger partial charge in [-0.2, -0.15) is 12.6 Å². The summed E-state index contributed by atoms with van der Waals surface area (Å²) in [6, 6.07) is -2.97. The monoisotopic (exact) mass is 307 g/mol. The van der Waals surface area contributed by atoms with Crippen molar-refractivity contribution in [3.8, 4) is 0 Å². The molecule has 0 unspecified atom stereocenters. The zero-order valence-electron chi connectivity index (χ0n) is 10.5. The van der Waals surface area contributed by atoms with Gasteiger partial charge in [0.1, 0.15) is 6.04 Å². The molecule has 114 valence electrons. The molecular formula is C10H17N3O6S. The summed E-state index contributed by atoms with van der Waals surface area (Å²) in [6.07, 6.45) is -0.564. The smallest absolute Gasteiger partial charge is 0.322 e. The van der Waals surface area contributed by atoms with Gasteiger partial charge in [0.15, 0.2) is 5.78 Å². The fourth-order valence-corrected chi connectivity index (χ4v) is 1.43. The fourth-order valence-electron chi connectivity index (χ4n) is 1.13. The molecule has 0 rings (SSSR count). The van der Waals surface area contributed by atoms with Crippen LogP contribution < -0.4 is 16.4 Å². The third-order valence-corrected chi connectivity index (χ3v) is 2.63. The Hall–Kier alpha value is -1.81. The van der Waals surface area contributed by atoms with Gasteiger partial charge in [-0.05, 0) is 0 Å². The predicted molar refractivity (Wildman–Crippen MR) is 71.7 cm³/mol. The van der Waals surface area contributed by atoms with Crippen molar-refractivity contribution in [2.75, 3.05) is 12.3 Å². The maximum Gasteiger partial charge on any atom is 0.322 e. The largest absolute Gasteiger partial charge is 0.481 e. The molecule has 6 N–H and O–H groups in total. The highest BCUT2D eigenvalue weighted by Gasteiger charge is 2.20. The maximum absolute atomic E-state index is 11.6. The van der Waals surface area contributed by atoms with E-state index in [-0.39, 0.29) is 25.1 Å². The van der Waals surface area contributed by atoms with E-state index in [9.17, 15) is 19.2 Å². The second-order valence-electron chi connectivity index (χ2n) is 3.89. The molecule has 0 spiro atoms. The number of hydrogen-bond donors (Lipinski definition) is 6. The zero-order chi connectivity index (χ0) is 15.7. The summed E-state index contributed by atoms with van der Waals surface area (Å²) in [5.41, 5.74) is 5.18. The minimum Gasteiger partial charge on any atom is -0.481 e. The predicted octanol–water partition coefficient (Wildman–Crippen LogP) is -1.57. The fraction of sp³-hybridized carbons (Fsp3) is 0.600. The maximum atomic E-state index is 11.6. The third kappa shape index (κ3) is 7.59. The first-order chi connectivity index (χ1) is 9.27. The normalized spacial score (nSPS) is 13.1. The zero-order valence-corrected chi connectivity index (χ0v) is 11.4. The molecule has 0 aliphatic heterocycles. The van der Waals surface area contributed by atoms with Crippen LogP contribution in [0.4, 0.5) is 4.79 Å². The van der Waals surface area contributed by atoms with Gasteiger partial charge in [0.05, 0.1) is 12.5 Å². The van der Waals surface area contributed by atoms with Gasteiger partial charge in [-0.3, -0.25) is 14.4 Å². The van der Waals surface area contributed by atoms with Gasteiger partial charge in [0, 0.05) is 18.7 Å². The molecule has 2 amide bonds. The van der Waals surface area contributed by atoms with Gasteiger partial charge in [-0.25, -0.2) is 4.79 Å². The lowest BCUT2D eigenvalue weighted by Crippen LogP contribution is -2.50. The molecular weight excluding hydrogens is 290 g/mol. The van der Waals surface area contributed by atoms with Crippen LogP contribution in [0.5, 0.6) is 0 Å². The van der Waals surface area contributed by atoms with Crippen LogP contribution in [0.2, 0.25) is 0 Å². The van der Waals surface area contributed by atoms with Crippen molar-refractivity contribution in [1.82, 2.24) is 10.6 Å². The van der Waals surface area contributed by atoms with E-state index in [4.69, 9.17) is 15.9 Å². The number of Topliss-reactive ketones (excluding diaryl/α,β-unsaturated/α-hetero) is 1. The Morgan fingerprint density at radius 1 is 1.15 bits per heavy atom.